The van der Waals surface area contributed by atoms with Crippen molar-refractivity contribution in [2.45, 2.75) is 26.3 Å². The minimum atomic E-state index is -3.03. The van der Waals surface area contributed by atoms with Crippen molar-refractivity contribution in [3.8, 4) is 5.69 Å². The van der Waals surface area contributed by atoms with E-state index in [1.807, 2.05) is 61.1 Å². The number of hydrogen-bond acceptors (Lipinski definition) is 3. The molecule has 0 N–H and O–H groups in total. The van der Waals surface area contributed by atoms with Gasteiger partial charge in [0.25, 0.3) is 5.91 Å². The predicted molar refractivity (Wildman–Crippen MR) is 98.7 cm³/mol. The first-order valence-electron chi connectivity index (χ1n) is 8.60. The highest BCUT2D eigenvalue weighted by atomic mass is 32.2. The van der Waals surface area contributed by atoms with E-state index in [1.54, 1.807) is 11.0 Å². The predicted octanol–water partition coefficient (Wildman–Crippen LogP) is 2.76. The zero-order chi connectivity index (χ0) is 18.0. The van der Waals surface area contributed by atoms with E-state index in [0.29, 0.717) is 18.5 Å². The summed E-state index contributed by atoms with van der Waals surface area (Å²) in [7, 11) is -3.03. The van der Waals surface area contributed by atoms with Gasteiger partial charge in [0.1, 0.15) is 0 Å². The largest absolute Gasteiger partial charge is 0.334 e. The molecule has 1 atom stereocenters. The summed E-state index contributed by atoms with van der Waals surface area (Å²) in [5, 5.41) is 0. The number of carbonyl (C=O) groups is 1. The van der Waals surface area contributed by atoms with Crippen LogP contribution in [-0.2, 0) is 9.84 Å². The van der Waals surface area contributed by atoms with Gasteiger partial charge in [0.15, 0.2) is 9.84 Å². The summed E-state index contributed by atoms with van der Waals surface area (Å²) in [5.74, 6) is 0.427. The topological polar surface area (TPSA) is 59.4 Å². The standard InChI is InChI=1S/C19H24N2O3S/c1-15(2)13-21(18-8-11-25(23,24)14-18)19(22)16-6-5-7-17(12-16)20-9-3-4-10-20/h3-7,9-10,12,15,18H,8,11,13-14H2,1-2H3/t18-/m0/s1. The third-order valence-electron chi connectivity index (χ3n) is 4.47. The van der Waals surface area contributed by atoms with Gasteiger partial charge in [0.2, 0.25) is 0 Å². The molecular formula is C19H24N2O3S. The third-order valence-corrected chi connectivity index (χ3v) is 6.22. The minimum absolute atomic E-state index is 0.0722. The Kier molecular flexibility index (Phi) is 4.99. The first-order chi connectivity index (χ1) is 11.9. The molecule has 0 unspecified atom stereocenters. The number of benzene rings is 1. The summed E-state index contributed by atoms with van der Waals surface area (Å²) in [6.45, 7) is 4.65. The van der Waals surface area contributed by atoms with Crippen molar-refractivity contribution in [2.24, 2.45) is 5.92 Å². The van der Waals surface area contributed by atoms with Crippen LogP contribution in [0.2, 0.25) is 0 Å². The highest BCUT2D eigenvalue weighted by molar-refractivity contribution is 7.91. The highest BCUT2D eigenvalue weighted by Crippen LogP contribution is 2.22. The van der Waals surface area contributed by atoms with Crippen molar-refractivity contribution in [1.29, 1.82) is 0 Å². The van der Waals surface area contributed by atoms with E-state index < -0.39 is 9.84 Å². The molecule has 134 valence electrons. The lowest BCUT2D eigenvalue weighted by molar-refractivity contribution is 0.0672. The minimum Gasteiger partial charge on any atom is -0.334 e. The maximum Gasteiger partial charge on any atom is 0.254 e. The lowest BCUT2D eigenvalue weighted by atomic mass is 10.1. The van der Waals surface area contributed by atoms with E-state index in [2.05, 4.69) is 0 Å². The van der Waals surface area contributed by atoms with Crippen LogP contribution in [0.3, 0.4) is 0 Å². The zero-order valence-corrected chi connectivity index (χ0v) is 15.4. The average molecular weight is 360 g/mol. The molecule has 1 saturated heterocycles. The normalized spacial score (nSPS) is 19.2. The average Bonchev–Trinajstić information content (AvgIpc) is 3.21. The molecule has 1 aromatic heterocycles. The van der Waals surface area contributed by atoms with Gasteiger partial charge in [0, 0.05) is 36.2 Å². The molecule has 0 aliphatic carbocycles. The van der Waals surface area contributed by atoms with Crippen molar-refractivity contribution in [3.63, 3.8) is 0 Å². The molecule has 0 bridgehead atoms. The van der Waals surface area contributed by atoms with Gasteiger partial charge >= 0.3 is 0 Å². The van der Waals surface area contributed by atoms with Gasteiger partial charge in [-0.15, -0.1) is 0 Å². The summed E-state index contributed by atoms with van der Waals surface area (Å²) in [6, 6.07) is 11.1. The quantitative estimate of drug-likeness (QED) is 0.824. The van der Waals surface area contributed by atoms with Gasteiger partial charge in [-0.2, -0.15) is 0 Å². The number of rotatable bonds is 5. The SMILES string of the molecule is CC(C)CN(C(=O)c1cccc(-n2cccc2)c1)[C@H]1CCS(=O)(=O)C1. The van der Waals surface area contributed by atoms with Crippen LogP contribution in [0.1, 0.15) is 30.6 Å². The molecule has 2 heterocycles. The third kappa shape index (κ3) is 4.12. The summed E-state index contributed by atoms with van der Waals surface area (Å²) in [6.07, 6.45) is 4.39. The molecule has 25 heavy (non-hydrogen) atoms. The van der Waals surface area contributed by atoms with E-state index >= 15 is 0 Å². The summed E-state index contributed by atoms with van der Waals surface area (Å²) < 4.78 is 25.7. The fraction of sp³-hybridized carbons (Fsp3) is 0.421. The molecule has 1 fully saturated rings. The summed E-state index contributed by atoms with van der Waals surface area (Å²) in [4.78, 5) is 14.9. The molecule has 1 aliphatic rings. The molecule has 1 aliphatic heterocycles. The number of aromatic nitrogens is 1. The molecule has 0 saturated carbocycles. The van der Waals surface area contributed by atoms with Gasteiger partial charge in [0.05, 0.1) is 11.5 Å². The summed E-state index contributed by atoms with van der Waals surface area (Å²) in [5.41, 5.74) is 1.51. The molecular weight excluding hydrogens is 336 g/mol. The molecule has 2 aromatic rings. The summed E-state index contributed by atoms with van der Waals surface area (Å²) >= 11 is 0. The van der Waals surface area contributed by atoms with Gasteiger partial charge < -0.3 is 9.47 Å². The molecule has 1 aromatic carbocycles. The van der Waals surface area contributed by atoms with E-state index in [-0.39, 0.29) is 29.4 Å². The second-order valence-corrected chi connectivity index (χ2v) is 9.28. The number of nitrogens with zero attached hydrogens (tertiary/aromatic N) is 2. The number of hydrogen-bond donors (Lipinski definition) is 0. The highest BCUT2D eigenvalue weighted by Gasteiger charge is 2.35. The van der Waals surface area contributed by atoms with Crippen molar-refractivity contribution >= 4 is 15.7 Å². The van der Waals surface area contributed by atoms with E-state index in [1.165, 1.54) is 0 Å². The molecule has 3 rings (SSSR count). The van der Waals surface area contributed by atoms with Crippen LogP contribution in [0.15, 0.2) is 48.8 Å². The number of amides is 1. The van der Waals surface area contributed by atoms with Gasteiger partial charge in [-0.3, -0.25) is 4.79 Å². The molecule has 0 radical (unpaired) electrons. The van der Waals surface area contributed by atoms with Crippen molar-refractivity contribution in [2.75, 3.05) is 18.1 Å². The first-order valence-corrected chi connectivity index (χ1v) is 10.4. The lowest BCUT2D eigenvalue weighted by Crippen LogP contribution is -2.43. The fourth-order valence-corrected chi connectivity index (χ4v) is 5.02. The maximum absolute atomic E-state index is 13.1. The van der Waals surface area contributed by atoms with Gasteiger partial charge in [-0.1, -0.05) is 19.9 Å². The second-order valence-electron chi connectivity index (χ2n) is 7.05. The van der Waals surface area contributed by atoms with Crippen LogP contribution in [0.4, 0.5) is 0 Å². The Bertz CT molecular complexity index is 841. The van der Waals surface area contributed by atoms with Crippen LogP contribution in [0, 0.1) is 5.92 Å². The van der Waals surface area contributed by atoms with Crippen LogP contribution in [0.5, 0.6) is 0 Å². The number of sulfone groups is 1. The van der Waals surface area contributed by atoms with Gasteiger partial charge in [-0.05, 0) is 42.7 Å². The van der Waals surface area contributed by atoms with Gasteiger partial charge in [-0.25, -0.2) is 8.42 Å². The zero-order valence-electron chi connectivity index (χ0n) is 14.6. The second kappa shape index (κ2) is 7.04. The smallest absolute Gasteiger partial charge is 0.254 e. The van der Waals surface area contributed by atoms with E-state index in [9.17, 15) is 13.2 Å². The monoisotopic (exact) mass is 360 g/mol. The molecule has 1 amide bonds. The van der Waals surface area contributed by atoms with Crippen LogP contribution in [0.25, 0.3) is 5.69 Å². The van der Waals surface area contributed by atoms with Crippen LogP contribution < -0.4 is 0 Å². The molecule has 5 nitrogen and oxygen atoms in total. The Morgan fingerprint density at radius 3 is 2.56 bits per heavy atom. The van der Waals surface area contributed by atoms with E-state index in [4.69, 9.17) is 0 Å². The Balaban J connectivity index is 1.88. The lowest BCUT2D eigenvalue weighted by Gasteiger charge is -2.30. The Labute approximate surface area is 149 Å². The Morgan fingerprint density at radius 2 is 1.96 bits per heavy atom. The van der Waals surface area contributed by atoms with Crippen LogP contribution in [-0.4, -0.2) is 47.9 Å². The van der Waals surface area contributed by atoms with Crippen molar-refractivity contribution < 1.29 is 13.2 Å². The Hall–Kier alpha value is -2.08. The van der Waals surface area contributed by atoms with E-state index in [0.717, 1.165) is 5.69 Å². The van der Waals surface area contributed by atoms with Crippen molar-refractivity contribution in [3.05, 3.63) is 54.4 Å². The molecule has 0 spiro atoms. The number of carbonyl (C=O) groups excluding carboxylic acids is 1. The fourth-order valence-electron chi connectivity index (χ4n) is 3.28. The molecule has 6 heteroatoms. The Morgan fingerprint density at radius 1 is 1.24 bits per heavy atom. The van der Waals surface area contributed by atoms with Crippen LogP contribution >= 0.6 is 0 Å². The van der Waals surface area contributed by atoms with Crippen molar-refractivity contribution in [1.82, 2.24) is 9.47 Å². The first kappa shape index (κ1) is 17.7. The maximum atomic E-state index is 13.1.